The Balaban J connectivity index is 1.60. The Morgan fingerprint density at radius 3 is 2.52 bits per heavy atom. The number of hydrogen-bond acceptors (Lipinski definition) is 6. The Labute approximate surface area is 198 Å². The van der Waals surface area contributed by atoms with Gasteiger partial charge in [-0.05, 0) is 67.6 Å². The lowest BCUT2D eigenvalue weighted by molar-refractivity contribution is 0.0692. The molecule has 0 amide bonds. The van der Waals surface area contributed by atoms with Crippen molar-refractivity contribution in [3.63, 3.8) is 0 Å². The molecule has 7 nitrogen and oxygen atoms in total. The van der Waals surface area contributed by atoms with Gasteiger partial charge in [0.1, 0.15) is 23.7 Å². The van der Waals surface area contributed by atoms with Crippen LogP contribution in [0.5, 0.6) is 11.5 Å². The fourth-order valence-electron chi connectivity index (χ4n) is 4.15. The van der Waals surface area contributed by atoms with Gasteiger partial charge in [-0.2, -0.15) is 0 Å². The van der Waals surface area contributed by atoms with E-state index in [0.29, 0.717) is 22.4 Å². The Morgan fingerprint density at radius 1 is 1.18 bits per heavy atom. The molecule has 2 heterocycles. The number of carboxylic acids is 1. The zero-order valence-electron chi connectivity index (χ0n) is 18.8. The first-order chi connectivity index (χ1) is 15.9. The number of methoxy groups -OCH3 is 1. The fourth-order valence-corrected chi connectivity index (χ4v) is 4.26. The molecule has 3 aromatic rings. The standard InChI is InChI=1S/C25H26ClN3O4/c1-15-11-19(12-16(2)23(15)26)33-14-21-20(24(30)31)13-27-25(28-21)29-10-4-5-22(29)17-6-8-18(32-3)9-7-17/h6-9,11-13,22H,4-5,10,14H2,1-3H3,(H,30,31)/t22-/m0/s1. The van der Waals surface area contributed by atoms with E-state index in [-0.39, 0.29) is 18.2 Å². The minimum atomic E-state index is -1.09. The van der Waals surface area contributed by atoms with E-state index < -0.39 is 5.97 Å². The van der Waals surface area contributed by atoms with Crippen LogP contribution >= 0.6 is 11.6 Å². The van der Waals surface area contributed by atoms with Crippen LogP contribution in [0.25, 0.3) is 0 Å². The second kappa shape index (κ2) is 9.67. The number of aromatic nitrogens is 2. The zero-order valence-corrected chi connectivity index (χ0v) is 19.6. The molecule has 172 valence electrons. The molecule has 8 heteroatoms. The highest BCUT2D eigenvalue weighted by molar-refractivity contribution is 6.32. The highest BCUT2D eigenvalue weighted by atomic mass is 35.5. The maximum atomic E-state index is 11.8. The summed E-state index contributed by atoms with van der Waals surface area (Å²) in [5.74, 6) is 0.831. The lowest BCUT2D eigenvalue weighted by atomic mass is 10.0. The van der Waals surface area contributed by atoms with Crippen LogP contribution in [0.15, 0.2) is 42.6 Å². The molecule has 1 aliphatic heterocycles. The number of aryl methyl sites for hydroxylation is 2. The SMILES string of the molecule is COc1ccc([C@@H]2CCCN2c2ncc(C(=O)O)c(COc3cc(C)c(Cl)c(C)c3)n2)cc1. The summed E-state index contributed by atoms with van der Waals surface area (Å²) in [4.78, 5) is 22.9. The molecule has 0 unspecified atom stereocenters. The first-order valence-electron chi connectivity index (χ1n) is 10.8. The molecule has 1 saturated heterocycles. The van der Waals surface area contributed by atoms with E-state index in [0.717, 1.165) is 41.8 Å². The van der Waals surface area contributed by atoms with E-state index in [1.54, 1.807) is 7.11 Å². The van der Waals surface area contributed by atoms with Crippen molar-refractivity contribution in [2.45, 2.75) is 39.3 Å². The van der Waals surface area contributed by atoms with Crippen LogP contribution in [0.1, 0.15) is 51.6 Å². The molecule has 0 aliphatic carbocycles. The maximum Gasteiger partial charge on any atom is 0.339 e. The predicted molar refractivity (Wildman–Crippen MR) is 127 cm³/mol. The lowest BCUT2D eigenvalue weighted by Crippen LogP contribution is -2.26. The average molecular weight is 468 g/mol. The first-order valence-corrected chi connectivity index (χ1v) is 11.1. The summed E-state index contributed by atoms with van der Waals surface area (Å²) in [5.41, 5.74) is 3.30. The van der Waals surface area contributed by atoms with E-state index in [1.165, 1.54) is 6.20 Å². The van der Waals surface area contributed by atoms with Gasteiger partial charge in [-0.15, -0.1) is 0 Å². The number of nitrogens with zero attached hydrogens (tertiary/aromatic N) is 3. The molecular formula is C25H26ClN3O4. The molecule has 1 aliphatic rings. The summed E-state index contributed by atoms with van der Waals surface area (Å²) in [6.07, 6.45) is 3.33. The summed E-state index contributed by atoms with van der Waals surface area (Å²) in [5, 5.41) is 10.3. The van der Waals surface area contributed by atoms with E-state index in [4.69, 9.17) is 21.1 Å². The van der Waals surface area contributed by atoms with Gasteiger partial charge in [0.15, 0.2) is 0 Å². The minimum absolute atomic E-state index is 0.0126. The van der Waals surface area contributed by atoms with Crippen molar-refractivity contribution < 1.29 is 19.4 Å². The van der Waals surface area contributed by atoms with E-state index in [9.17, 15) is 9.90 Å². The molecule has 2 aromatic carbocycles. The number of carbonyl (C=O) groups is 1. The predicted octanol–water partition coefficient (Wildman–Crippen LogP) is 5.37. The second-order valence-electron chi connectivity index (χ2n) is 8.12. The molecule has 0 bridgehead atoms. The van der Waals surface area contributed by atoms with Gasteiger partial charge < -0.3 is 19.5 Å². The maximum absolute atomic E-state index is 11.8. The number of rotatable bonds is 7. The van der Waals surface area contributed by atoms with Crippen LogP contribution in [-0.4, -0.2) is 34.7 Å². The largest absolute Gasteiger partial charge is 0.497 e. The van der Waals surface area contributed by atoms with E-state index >= 15 is 0 Å². The summed E-state index contributed by atoms with van der Waals surface area (Å²) in [6, 6.07) is 11.7. The van der Waals surface area contributed by atoms with Crippen molar-refractivity contribution in [2.75, 3.05) is 18.6 Å². The summed E-state index contributed by atoms with van der Waals surface area (Å²) in [7, 11) is 1.64. The van der Waals surface area contributed by atoms with Crippen LogP contribution < -0.4 is 14.4 Å². The van der Waals surface area contributed by atoms with Crippen LogP contribution in [0.2, 0.25) is 5.02 Å². The smallest absolute Gasteiger partial charge is 0.339 e. The van der Waals surface area contributed by atoms with Crippen LogP contribution in [0.4, 0.5) is 5.95 Å². The monoisotopic (exact) mass is 467 g/mol. The van der Waals surface area contributed by atoms with Gasteiger partial charge in [-0.1, -0.05) is 23.7 Å². The Bertz CT molecular complexity index is 1140. The number of halogens is 1. The number of benzene rings is 2. The van der Waals surface area contributed by atoms with Crippen molar-refractivity contribution in [1.82, 2.24) is 9.97 Å². The lowest BCUT2D eigenvalue weighted by Gasteiger charge is -2.25. The highest BCUT2D eigenvalue weighted by Gasteiger charge is 2.29. The summed E-state index contributed by atoms with van der Waals surface area (Å²) < 4.78 is 11.2. The molecule has 4 rings (SSSR count). The van der Waals surface area contributed by atoms with Crippen molar-refractivity contribution in [3.05, 3.63) is 75.6 Å². The van der Waals surface area contributed by atoms with Crippen LogP contribution in [-0.2, 0) is 6.61 Å². The van der Waals surface area contributed by atoms with Crippen LogP contribution in [0, 0.1) is 13.8 Å². The van der Waals surface area contributed by atoms with E-state index in [1.807, 2.05) is 50.2 Å². The molecule has 0 spiro atoms. The topological polar surface area (TPSA) is 84.8 Å². The van der Waals surface area contributed by atoms with E-state index in [2.05, 4.69) is 14.9 Å². The number of anilines is 1. The first kappa shape index (κ1) is 22.9. The molecule has 1 fully saturated rings. The molecule has 0 saturated carbocycles. The summed E-state index contributed by atoms with van der Waals surface area (Å²) >= 11 is 6.24. The molecule has 33 heavy (non-hydrogen) atoms. The quantitative estimate of drug-likeness (QED) is 0.499. The number of aromatic carboxylic acids is 1. The van der Waals surface area contributed by atoms with Gasteiger partial charge in [-0.25, -0.2) is 14.8 Å². The second-order valence-corrected chi connectivity index (χ2v) is 8.50. The van der Waals surface area contributed by atoms with Crippen molar-refractivity contribution >= 4 is 23.5 Å². The summed E-state index contributed by atoms with van der Waals surface area (Å²) in [6.45, 7) is 4.61. The number of ether oxygens (including phenoxy) is 2. The van der Waals surface area contributed by atoms with Gasteiger partial charge in [0.2, 0.25) is 5.95 Å². The molecule has 1 atom stereocenters. The number of carboxylic acid groups (broad SMARTS) is 1. The Hall–Kier alpha value is -3.32. The number of hydrogen-bond donors (Lipinski definition) is 1. The molecule has 1 aromatic heterocycles. The van der Waals surface area contributed by atoms with Gasteiger partial charge in [0.05, 0.1) is 18.8 Å². The minimum Gasteiger partial charge on any atom is -0.497 e. The van der Waals surface area contributed by atoms with Gasteiger partial charge in [-0.3, -0.25) is 0 Å². The van der Waals surface area contributed by atoms with Crippen molar-refractivity contribution in [3.8, 4) is 11.5 Å². The zero-order chi connectivity index (χ0) is 23.5. The Morgan fingerprint density at radius 2 is 1.88 bits per heavy atom. The third-order valence-corrected chi connectivity index (χ3v) is 6.48. The third-order valence-electron chi connectivity index (χ3n) is 5.88. The fraction of sp³-hybridized carbons (Fsp3) is 0.320. The van der Waals surface area contributed by atoms with Gasteiger partial charge >= 0.3 is 5.97 Å². The highest BCUT2D eigenvalue weighted by Crippen LogP contribution is 2.35. The molecule has 0 radical (unpaired) electrons. The third kappa shape index (κ3) is 4.88. The van der Waals surface area contributed by atoms with Crippen LogP contribution in [0.3, 0.4) is 0 Å². The van der Waals surface area contributed by atoms with Crippen molar-refractivity contribution in [2.24, 2.45) is 0 Å². The molecule has 1 N–H and O–H groups in total. The van der Waals surface area contributed by atoms with Gasteiger partial charge in [0, 0.05) is 17.8 Å². The normalized spacial score (nSPS) is 15.5. The average Bonchev–Trinajstić information content (AvgIpc) is 3.31. The van der Waals surface area contributed by atoms with Gasteiger partial charge in [0.25, 0.3) is 0 Å². The Kier molecular flexibility index (Phi) is 6.70. The van der Waals surface area contributed by atoms with Crippen molar-refractivity contribution in [1.29, 1.82) is 0 Å². The molecular weight excluding hydrogens is 442 g/mol.